The molecule has 0 saturated heterocycles. The number of imidazole rings is 1. The van der Waals surface area contributed by atoms with E-state index in [2.05, 4.69) is 25.3 Å². The summed E-state index contributed by atoms with van der Waals surface area (Å²) in [6.07, 6.45) is 0.793. The molecule has 0 radical (unpaired) electrons. The number of benzene rings is 1. The number of anilines is 1. The summed E-state index contributed by atoms with van der Waals surface area (Å²) in [7, 11) is 0. The number of H-pyrrole nitrogens is 1. The second-order valence-corrected chi connectivity index (χ2v) is 6.05. The van der Waals surface area contributed by atoms with Crippen LogP contribution in [-0.4, -0.2) is 25.8 Å². The highest BCUT2D eigenvalue weighted by atomic mass is 19.4. The summed E-state index contributed by atoms with van der Waals surface area (Å²) in [4.78, 5) is 27.3. The number of rotatable bonds is 3. The van der Waals surface area contributed by atoms with Crippen molar-refractivity contribution >= 4 is 22.6 Å². The monoisotopic (exact) mass is 401 g/mol. The van der Waals surface area contributed by atoms with E-state index >= 15 is 0 Å². The maximum atomic E-state index is 13.4. The summed E-state index contributed by atoms with van der Waals surface area (Å²) in [5.74, 6) is -1.73. The minimum Gasteiger partial charge on any atom is -0.337 e. The summed E-state index contributed by atoms with van der Waals surface area (Å²) in [5.41, 5.74) is -0.627. The average molecular weight is 401 g/mol. The number of pyridine rings is 2. The molecular weight excluding hydrogens is 390 g/mol. The van der Waals surface area contributed by atoms with Crippen molar-refractivity contribution in [2.24, 2.45) is 0 Å². The van der Waals surface area contributed by atoms with E-state index in [1.54, 1.807) is 18.3 Å². The predicted octanol–water partition coefficient (Wildman–Crippen LogP) is 4.43. The van der Waals surface area contributed by atoms with Gasteiger partial charge in [-0.05, 0) is 30.3 Å². The van der Waals surface area contributed by atoms with Crippen molar-refractivity contribution in [1.29, 1.82) is 0 Å². The number of hydrogen-bond acceptors (Lipinski definition) is 4. The number of carbonyl (C=O) groups excluding carboxylic acids is 1. The summed E-state index contributed by atoms with van der Waals surface area (Å²) in [6.45, 7) is 0. The summed E-state index contributed by atoms with van der Waals surface area (Å²) in [5, 5.41) is 2.62. The van der Waals surface area contributed by atoms with Gasteiger partial charge in [0.2, 0.25) is 0 Å². The van der Waals surface area contributed by atoms with Gasteiger partial charge in [0.15, 0.2) is 0 Å². The van der Waals surface area contributed by atoms with E-state index in [0.29, 0.717) is 11.8 Å². The number of halogens is 4. The molecule has 0 aliphatic carbocycles. The van der Waals surface area contributed by atoms with Crippen molar-refractivity contribution in [3.8, 4) is 11.4 Å². The van der Waals surface area contributed by atoms with Gasteiger partial charge in [-0.2, -0.15) is 13.2 Å². The van der Waals surface area contributed by atoms with Gasteiger partial charge in [-0.1, -0.05) is 0 Å². The van der Waals surface area contributed by atoms with E-state index in [4.69, 9.17) is 0 Å². The third-order valence-electron chi connectivity index (χ3n) is 4.10. The highest BCUT2D eigenvalue weighted by Gasteiger charge is 2.35. The Kier molecular flexibility index (Phi) is 4.45. The van der Waals surface area contributed by atoms with Gasteiger partial charge < -0.3 is 10.3 Å². The molecular formula is C19H11F4N5O. The molecule has 0 aliphatic rings. The van der Waals surface area contributed by atoms with Crippen LogP contribution in [0.5, 0.6) is 0 Å². The Morgan fingerprint density at radius 2 is 1.90 bits per heavy atom. The molecule has 4 aromatic rings. The summed E-state index contributed by atoms with van der Waals surface area (Å²) < 4.78 is 53.4. The van der Waals surface area contributed by atoms with Crippen LogP contribution in [-0.2, 0) is 6.18 Å². The smallest absolute Gasteiger partial charge is 0.337 e. The maximum absolute atomic E-state index is 13.4. The van der Waals surface area contributed by atoms with E-state index < -0.39 is 23.5 Å². The van der Waals surface area contributed by atoms with Crippen LogP contribution in [0.2, 0.25) is 0 Å². The van der Waals surface area contributed by atoms with Crippen LogP contribution in [0.3, 0.4) is 0 Å². The topological polar surface area (TPSA) is 83.6 Å². The Bertz CT molecular complexity index is 1200. The Hall–Kier alpha value is -3.82. The minimum absolute atomic E-state index is 0.0597. The fourth-order valence-electron chi connectivity index (χ4n) is 2.82. The van der Waals surface area contributed by atoms with Crippen LogP contribution in [0.15, 0.2) is 55.1 Å². The van der Waals surface area contributed by atoms with E-state index in [-0.39, 0.29) is 28.0 Å². The van der Waals surface area contributed by atoms with Crippen LogP contribution in [0.4, 0.5) is 23.2 Å². The van der Waals surface area contributed by atoms with Gasteiger partial charge in [-0.25, -0.2) is 9.37 Å². The van der Waals surface area contributed by atoms with Crippen LogP contribution >= 0.6 is 0 Å². The van der Waals surface area contributed by atoms with Crippen LogP contribution in [0.1, 0.15) is 15.9 Å². The number of amides is 1. The molecule has 0 unspecified atom stereocenters. The minimum atomic E-state index is -4.78. The molecule has 0 fully saturated rings. The molecule has 1 amide bonds. The Morgan fingerprint density at radius 3 is 2.62 bits per heavy atom. The second kappa shape index (κ2) is 6.97. The third-order valence-corrected chi connectivity index (χ3v) is 4.10. The summed E-state index contributed by atoms with van der Waals surface area (Å²) in [6, 6.07) is 5.55. The first-order chi connectivity index (χ1) is 13.8. The molecule has 29 heavy (non-hydrogen) atoms. The number of carbonyl (C=O) groups is 1. The second-order valence-electron chi connectivity index (χ2n) is 6.05. The molecule has 0 atom stereocenters. The highest BCUT2D eigenvalue weighted by Crippen LogP contribution is 2.37. The molecule has 2 N–H and O–H groups in total. The van der Waals surface area contributed by atoms with E-state index in [1.165, 1.54) is 18.6 Å². The summed E-state index contributed by atoms with van der Waals surface area (Å²) >= 11 is 0. The van der Waals surface area contributed by atoms with E-state index in [9.17, 15) is 22.4 Å². The molecule has 4 rings (SSSR count). The zero-order valence-corrected chi connectivity index (χ0v) is 14.5. The number of hydrogen-bond donors (Lipinski definition) is 2. The zero-order chi connectivity index (χ0) is 20.6. The van der Waals surface area contributed by atoms with Crippen molar-refractivity contribution in [3.63, 3.8) is 0 Å². The maximum Gasteiger partial charge on any atom is 0.417 e. The lowest BCUT2D eigenvalue weighted by molar-refractivity contribution is -0.137. The van der Waals surface area contributed by atoms with Crippen LogP contribution in [0, 0.1) is 5.82 Å². The number of fused-ring (bicyclic) bond motifs is 1. The largest absolute Gasteiger partial charge is 0.417 e. The highest BCUT2D eigenvalue weighted by molar-refractivity contribution is 6.11. The number of aromatic nitrogens is 4. The third kappa shape index (κ3) is 3.64. The van der Waals surface area contributed by atoms with Gasteiger partial charge in [-0.3, -0.25) is 14.8 Å². The lowest BCUT2D eigenvalue weighted by Gasteiger charge is -2.11. The van der Waals surface area contributed by atoms with Gasteiger partial charge in [0.05, 0.1) is 34.7 Å². The fraction of sp³-hybridized carbons (Fsp3) is 0.0526. The Labute approximate surface area is 160 Å². The fourth-order valence-corrected chi connectivity index (χ4v) is 2.82. The van der Waals surface area contributed by atoms with Crippen molar-refractivity contribution < 1.29 is 22.4 Å². The first kappa shape index (κ1) is 18.5. The number of aromatic amines is 1. The predicted molar refractivity (Wildman–Crippen MR) is 96.5 cm³/mol. The molecule has 10 heteroatoms. The molecule has 0 saturated carbocycles. The lowest BCUT2D eigenvalue weighted by atomic mass is 10.1. The lowest BCUT2D eigenvalue weighted by Crippen LogP contribution is -2.13. The van der Waals surface area contributed by atoms with Crippen molar-refractivity contribution in [2.45, 2.75) is 6.18 Å². The standard InChI is InChI=1S/C19H11F4N5O/c20-10-3-4-12(14(6-10)19(21,22)23)17-27-15-9-25-8-13(16(15)28-17)18(29)26-11-2-1-5-24-7-11/h1-9H,(H,26,29)(H,27,28). The first-order valence-corrected chi connectivity index (χ1v) is 8.25. The van der Waals surface area contributed by atoms with Crippen molar-refractivity contribution in [3.05, 3.63) is 72.1 Å². The number of alkyl halides is 3. The molecule has 0 bridgehead atoms. The zero-order valence-electron chi connectivity index (χ0n) is 14.5. The number of nitrogens with one attached hydrogen (secondary N) is 2. The molecule has 1 aromatic carbocycles. The van der Waals surface area contributed by atoms with Crippen LogP contribution < -0.4 is 5.32 Å². The Balaban J connectivity index is 1.79. The van der Waals surface area contributed by atoms with Gasteiger partial charge in [0, 0.05) is 18.0 Å². The Morgan fingerprint density at radius 1 is 1.07 bits per heavy atom. The van der Waals surface area contributed by atoms with Crippen molar-refractivity contribution in [2.75, 3.05) is 5.32 Å². The first-order valence-electron chi connectivity index (χ1n) is 8.25. The van der Waals surface area contributed by atoms with E-state index in [1.807, 2.05) is 0 Å². The molecule has 0 aliphatic heterocycles. The van der Waals surface area contributed by atoms with Crippen LogP contribution in [0.25, 0.3) is 22.4 Å². The van der Waals surface area contributed by atoms with Gasteiger partial charge >= 0.3 is 6.18 Å². The average Bonchev–Trinajstić information content (AvgIpc) is 3.12. The van der Waals surface area contributed by atoms with Gasteiger partial charge in [-0.15, -0.1) is 0 Å². The quantitative estimate of drug-likeness (QED) is 0.498. The van der Waals surface area contributed by atoms with Gasteiger partial charge in [0.25, 0.3) is 5.91 Å². The van der Waals surface area contributed by atoms with E-state index in [0.717, 1.165) is 12.1 Å². The molecule has 3 heterocycles. The molecule has 0 spiro atoms. The SMILES string of the molecule is O=C(Nc1cccnc1)c1cncc2[nH]c(-c3ccc(F)cc3C(F)(F)F)nc12. The molecule has 3 aromatic heterocycles. The number of nitrogens with zero attached hydrogens (tertiary/aromatic N) is 3. The van der Waals surface area contributed by atoms with Gasteiger partial charge in [0.1, 0.15) is 17.2 Å². The van der Waals surface area contributed by atoms with Crippen molar-refractivity contribution in [1.82, 2.24) is 19.9 Å². The molecule has 146 valence electrons. The molecule has 6 nitrogen and oxygen atoms in total. The normalized spacial score (nSPS) is 11.6.